The van der Waals surface area contributed by atoms with E-state index >= 15 is 0 Å². The van der Waals surface area contributed by atoms with Crippen LogP contribution in [0.4, 0.5) is 0 Å². The maximum Gasteiger partial charge on any atom is 0.213 e. The van der Waals surface area contributed by atoms with E-state index < -0.39 is 10.0 Å². The van der Waals surface area contributed by atoms with Crippen LogP contribution in [0.3, 0.4) is 0 Å². The van der Waals surface area contributed by atoms with Crippen molar-refractivity contribution >= 4 is 16.0 Å². The molecule has 1 unspecified atom stereocenters. The molecule has 1 saturated heterocycles. The fourth-order valence-electron chi connectivity index (χ4n) is 2.56. The van der Waals surface area contributed by atoms with Gasteiger partial charge in [0.15, 0.2) is 5.96 Å². The van der Waals surface area contributed by atoms with Gasteiger partial charge in [-0.25, -0.2) is 12.7 Å². The van der Waals surface area contributed by atoms with E-state index in [-0.39, 0.29) is 11.9 Å². The van der Waals surface area contributed by atoms with E-state index in [2.05, 4.69) is 15.6 Å². The van der Waals surface area contributed by atoms with Gasteiger partial charge in [0.1, 0.15) is 0 Å². The van der Waals surface area contributed by atoms with Gasteiger partial charge in [0.25, 0.3) is 0 Å². The lowest BCUT2D eigenvalue weighted by molar-refractivity contribution is 0.0171. The molecule has 2 N–H and O–H groups in total. The number of rotatable bonds is 13. The Bertz CT molecular complexity index is 493. The third kappa shape index (κ3) is 9.70. The van der Waals surface area contributed by atoms with Gasteiger partial charge in [0.05, 0.1) is 18.5 Å². The first-order valence-corrected chi connectivity index (χ1v) is 11.3. The van der Waals surface area contributed by atoms with Crippen LogP contribution in [-0.4, -0.2) is 83.6 Å². The molecule has 0 aromatic rings. The summed E-state index contributed by atoms with van der Waals surface area (Å²) in [6, 6.07) is 0. The van der Waals surface area contributed by atoms with E-state index in [0.717, 1.165) is 44.8 Å². The summed E-state index contributed by atoms with van der Waals surface area (Å²) in [7, 11) is -1.48. The summed E-state index contributed by atoms with van der Waals surface area (Å²) in [5.74, 6) is 0.892. The zero-order valence-corrected chi connectivity index (χ0v) is 17.3. The molecule has 9 heteroatoms. The summed E-state index contributed by atoms with van der Waals surface area (Å²) in [6.45, 7) is 8.53. The first-order chi connectivity index (χ1) is 12.5. The minimum absolute atomic E-state index is 0.135. The molecule has 154 valence electrons. The molecular formula is C17H36N4O4S. The molecule has 1 aliphatic heterocycles. The maximum absolute atomic E-state index is 11.7. The van der Waals surface area contributed by atoms with Gasteiger partial charge in [-0.3, -0.25) is 4.99 Å². The van der Waals surface area contributed by atoms with Crippen LogP contribution < -0.4 is 10.6 Å². The number of sulfonamides is 1. The van der Waals surface area contributed by atoms with E-state index in [1.54, 1.807) is 14.0 Å². The average molecular weight is 393 g/mol. The average Bonchev–Trinajstić information content (AvgIpc) is 3.14. The molecule has 1 fully saturated rings. The molecule has 1 aliphatic rings. The second-order valence-electron chi connectivity index (χ2n) is 6.33. The third-order valence-electron chi connectivity index (χ3n) is 4.17. The number of ether oxygens (including phenoxy) is 2. The van der Waals surface area contributed by atoms with Crippen molar-refractivity contribution in [1.29, 1.82) is 0 Å². The largest absolute Gasteiger partial charge is 0.379 e. The number of hydrogen-bond acceptors (Lipinski definition) is 5. The second-order valence-corrected chi connectivity index (χ2v) is 8.69. The third-order valence-corrected chi connectivity index (χ3v) is 6.03. The number of guanidine groups is 1. The van der Waals surface area contributed by atoms with E-state index in [1.807, 2.05) is 6.92 Å². The Morgan fingerprint density at radius 3 is 2.77 bits per heavy atom. The quantitative estimate of drug-likeness (QED) is 0.274. The number of aliphatic imine (C=N–C) groups is 1. The minimum Gasteiger partial charge on any atom is -0.379 e. The highest BCUT2D eigenvalue weighted by Crippen LogP contribution is 2.11. The van der Waals surface area contributed by atoms with Crippen molar-refractivity contribution < 1.29 is 17.9 Å². The molecule has 0 aromatic heterocycles. The van der Waals surface area contributed by atoms with Crippen molar-refractivity contribution in [2.45, 2.75) is 45.6 Å². The van der Waals surface area contributed by atoms with Crippen LogP contribution >= 0.6 is 0 Å². The molecule has 8 nitrogen and oxygen atoms in total. The van der Waals surface area contributed by atoms with Crippen molar-refractivity contribution in [1.82, 2.24) is 14.9 Å². The van der Waals surface area contributed by atoms with Gasteiger partial charge in [-0.05, 0) is 39.5 Å². The van der Waals surface area contributed by atoms with Crippen molar-refractivity contribution in [2.75, 3.05) is 58.8 Å². The molecule has 26 heavy (non-hydrogen) atoms. The highest BCUT2D eigenvalue weighted by Gasteiger charge is 2.15. The summed E-state index contributed by atoms with van der Waals surface area (Å²) in [4.78, 5) is 4.52. The first kappa shape index (κ1) is 23.1. The Morgan fingerprint density at radius 2 is 2.12 bits per heavy atom. The van der Waals surface area contributed by atoms with Crippen LogP contribution in [0.15, 0.2) is 4.99 Å². The monoisotopic (exact) mass is 392 g/mol. The normalized spacial score (nSPS) is 18.5. The van der Waals surface area contributed by atoms with Crippen LogP contribution in [0.2, 0.25) is 0 Å². The smallest absolute Gasteiger partial charge is 0.213 e. The Hall–Kier alpha value is -0.900. The SMILES string of the molecule is CCNC(=NCCCOCC1CCCO1)NCCCN(C)S(=O)(=O)CC. The molecule has 1 rings (SSSR count). The molecular weight excluding hydrogens is 356 g/mol. The Morgan fingerprint density at radius 1 is 1.31 bits per heavy atom. The lowest BCUT2D eigenvalue weighted by atomic mass is 10.2. The highest BCUT2D eigenvalue weighted by atomic mass is 32.2. The summed E-state index contributed by atoms with van der Waals surface area (Å²) < 4.78 is 35.9. The molecule has 0 amide bonds. The molecule has 0 bridgehead atoms. The van der Waals surface area contributed by atoms with Gasteiger partial charge < -0.3 is 20.1 Å². The first-order valence-electron chi connectivity index (χ1n) is 9.65. The van der Waals surface area contributed by atoms with Crippen molar-refractivity contribution in [3.63, 3.8) is 0 Å². The minimum atomic E-state index is -3.10. The van der Waals surface area contributed by atoms with E-state index in [9.17, 15) is 8.42 Å². The molecule has 0 radical (unpaired) electrons. The maximum atomic E-state index is 11.7. The van der Waals surface area contributed by atoms with Crippen molar-refractivity contribution in [3.05, 3.63) is 0 Å². The van der Waals surface area contributed by atoms with Crippen LogP contribution in [0.25, 0.3) is 0 Å². The summed E-state index contributed by atoms with van der Waals surface area (Å²) in [5.41, 5.74) is 0. The zero-order chi connectivity index (χ0) is 19.3. The van der Waals surface area contributed by atoms with E-state index in [1.165, 1.54) is 4.31 Å². The highest BCUT2D eigenvalue weighted by molar-refractivity contribution is 7.89. The standard InChI is InChI=1S/C17H36N4O4S/c1-4-18-17(19-10-7-12-21(3)26(22,23)5-2)20-11-8-13-24-15-16-9-6-14-25-16/h16H,4-15H2,1-3H3,(H2,18,19,20). The molecule has 1 heterocycles. The topological polar surface area (TPSA) is 92.3 Å². The van der Waals surface area contributed by atoms with Crippen LogP contribution in [0.1, 0.15) is 39.5 Å². The Kier molecular flexibility index (Phi) is 11.8. The van der Waals surface area contributed by atoms with Gasteiger partial charge in [0, 0.05) is 46.4 Å². The van der Waals surface area contributed by atoms with Crippen LogP contribution in [0, 0.1) is 0 Å². The molecule has 0 aliphatic carbocycles. The number of hydrogen-bond donors (Lipinski definition) is 2. The number of nitrogens with one attached hydrogen (secondary N) is 2. The Balaban J connectivity index is 2.15. The van der Waals surface area contributed by atoms with Gasteiger partial charge in [0.2, 0.25) is 10.0 Å². The predicted octanol–water partition coefficient (Wildman–Crippen LogP) is 0.799. The van der Waals surface area contributed by atoms with Crippen molar-refractivity contribution in [2.24, 2.45) is 4.99 Å². The zero-order valence-electron chi connectivity index (χ0n) is 16.5. The summed E-state index contributed by atoms with van der Waals surface area (Å²) in [5, 5.41) is 6.43. The van der Waals surface area contributed by atoms with Crippen LogP contribution in [-0.2, 0) is 19.5 Å². The fourth-order valence-corrected chi connectivity index (χ4v) is 3.41. The lowest BCUT2D eigenvalue weighted by Crippen LogP contribution is -2.39. The lowest BCUT2D eigenvalue weighted by Gasteiger charge is -2.16. The van der Waals surface area contributed by atoms with Gasteiger partial charge in [-0.1, -0.05) is 0 Å². The van der Waals surface area contributed by atoms with E-state index in [0.29, 0.717) is 32.8 Å². The van der Waals surface area contributed by atoms with Gasteiger partial charge in [-0.2, -0.15) is 0 Å². The summed E-state index contributed by atoms with van der Waals surface area (Å²) in [6.07, 6.45) is 4.09. The van der Waals surface area contributed by atoms with Crippen LogP contribution in [0.5, 0.6) is 0 Å². The van der Waals surface area contributed by atoms with Gasteiger partial charge in [-0.15, -0.1) is 0 Å². The molecule has 1 atom stereocenters. The van der Waals surface area contributed by atoms with E-state index in [4.69, 9.17) is 9.47 Å². The molecule has 0 aromatic carbocycles. The van der Waals surface area contributed by atoms with Crippen molar-refractivity contribution in [3.8, 4) is 0 Å². The summed E-state index contributed by atoms with van der Waals surface area (Å²) >= 11 is 0. The molecule has 0 saturated carbocycles. The Labute approximate surface area is 158 Å². The predicted molar refractivity (Wildman–Crippen MR) is 105 cm³/mol. The fraction of sp³-hybridized carbons (Fsp3) is 0.941. The van der Waals surface area contributed by atoms with Gasteiger partial charge >= 0.3 is 0 Å². The number of nitrogens with zero attached hydrogens (tertiary/aromatic N) is 2. The molecule has 0 spiro atoms. The second kappa shape index (κ2) is 13.3.